The van der Waals surface area contributed by atoms with Crippen LogP contribution in [0.2, 0.25) is 0 Å². The third-order valence-corrected chi connectivity index (χ3v) is 0. The van der Waals surface area contributed by atoms with Crippen LogP contribution in [0.4, 0.5) is 0 Å². The zero-order valence-electron chi connectivity index (χ0n) is 8.04. The van der Waals surface area contributed by atoms with E-state index in [1.165, 1.54) is 0 Å². The van der Waals surface area contributed by atoms with Gasteiger partial charge in [-0.25, -0.2) is 0 Å². The molecule has 17 heteroatoms. The van der Waals surface area contributed by atoms with Crippen molar-refractivity contribution in [1.82, 2.24) is 0 Å². The largest absolute Gasteiger partial charge is 3.00 e. The van der Waals surface area contributed by atoms with Crippen molar-refractivity contribution in [1.29, 1.82) is 0 Å². The minimum atomic E-state index is 0. The van der Waals surface area contributed by atoms with E-state index >= 15 is 0 Å². The molecule has 0 heterocycles. The maximum Gasteiger partial charge on any atom is 3.00 e. The Balaban J connectivity index is 0. The van der Waals surface area contributed by atoms with Crippen molar-refractivity contribution in [2.45, 2.75) is 0 Å². The minimum absolute atomic E-state index is 0. The summed E-state index contributed by atoms with van der Waals surface area (Å²) in [5, 5.41) is 0. The molecule has 0 aromatic rings. The van der Waals surface area contributed by atoms with Gasteiger partial charge in [-0.2, -0.15) is 0 Å². The number of rotatable bonds is 0. The molecule has 0 amide bonds. The third kappa shape index (κ3) is 15900. The van der Waals surface area contributed by atoms with Crippen molar-refractivity contribution in [2.75, 3.05) is 0 Å². The van der Waals surface area contributed by atoms with Gasteiger partial charge in [-0.15, -0.1) is 0 Å². The van der Waals surface area contributed by atoms with Crippen LogP contribution in [0.15, 0.2) is 0 Å². The summed E-state index contributed by atoms with van der Waals surface area (Å²) < 4.78 is 0. The number of hydrogen-bond donors (Lipinski definition) is 0. The van der Waals surface area contributed by atoms with Gasteiger partial charge >= 0.3 is 34.7 Å². The summed E-state index contributed by atoms with van der Waals surface area (Å²) in [4.78, 5) is 0. The molecule has 0 aliphatic heterocycles. The Morgan fingerprint density at radius 2 is 0.176 bits per heavy atom. The van der Waals surface area contributed by atoms with Crippen LogP contribution in [0.3, 0.4) is 0 Å². The summed E-state index contributed by atoms with van der Waals surface area (Å²) >= 11 is 0. The molecule has 0 saturated heterocycles. The molecule has 0 aliphatic rings. The van der Waals surface area contributed by atoms with Crippen LogP contribution in [0.1, 0.15) is 0 Å². The van der Waals surface area contributed by atoms with E-state index in [1.807, 2.05) is 0 Å². The van der Waals surface area contributed by atoms with Crippen LogP contribution in [-0.4, -0.2) is 65.7 Å². The molecule has 15 nitrogen and oxygen atoms in total. The molecule has 2 radical (unpaired) electrons. The van der Waals surface area contributed by atoms with Crippen LogP contribution in [0.5, 0.6) is 0 Å². The van der Waals surface area contributed by atoms with Gasteiger partial charge in [0.25, 0.3) is 0 Å². The Morgan fingerprint density at radius 1 is 0.176 bits per heavy atom. The first-order chi connectivity index (χ1) is 0. The van der Waals surface area contributed by atoms with Crippen LogP contribution in [0, 0.1) is 0 Å². The maximum absolute atomic E-state index is 0. The van der Waals surface area contributed by atoms with Crippen molar-refractivity contribution in [2.24, 2.45) is 0 Å². The van der Waals surface area contributed by atoms with Gasteiger partial charge in [-0.3, -0.25) is 0 Å². The van der Waals surface area contributed by atoms with Gasteiger partial charge in [-0.05, 0) is 0 Å². The SMILES string of the molecule is O.O.O.O.O.O.O.O.O.O.O.O.[Cr+3].[Cr+3].[O-2].[O-2].[O-2]. The Morgan fingerprint density at radius 3 is 0.176 bits per heavy atom. The zero-order chi connectivity index (χ0) is 0. The summed E-state index contributed by atoms with van der Waals surface area (Å²) in [6.07, 6.45) is 0. The Kier molecular flexibility index (Phi) is 23500000. The average molecular weight is 368 g/mol. The van der Waals surface area contributed by atoms with E-state index in [-0.39, 0.29) is 117 Å². The normalized spacial score (nSPS) is 0. The zero-order valence-corrected chi connectivity index (χ0v) is 10.6. The maximum atomic E-state index is 0. The fourth-order valence-corrected chi connectivity index (χ4v) is 0. The Labute approximate surface area is 117 Å². The smallest absolute Gasteiger partial charge is 2.00 e. The fourth-order valence-electron chi connectivity index (χ4n) is 0. The topological polar surface area (TPSA) is 464 Å². The summed E-state index contributed by atoms with van der Waals surface area (Å²) in [6.45, 7) is 0. The van der Waals surface area contributed by atoms with Gasteiger partial charge in [0.2, 0.25) is 0 Å². The molecule has 0 fully saturated rings. The second kappa shape index (κ2) is 18200. The molecule has 0 unspecified atom stereocenters. The van der Waals surface area contributed by atoms with E-state index in [1.54, 1.807) is 0 Å². The second-order valence-corrected chi connectivity index (χ2v) is 0. The first kappa shape index (κ1) is 21900. The van der Waals surface area contributed by atoms with E-state index in [2.05, 4.69) is 0 Å². The summed E-state index contributed by atoms with van der Waals surface area (Å²) in [7, 11) is 0. The van der Waals surface area contributed by atoms with Crippen molar-refractivity contribution < 1.29 is 117 Å². The molecular formula is H24Cr2O15. The fraction of sp³-hybridized carbons (Fsp3) is 0. The van der Waals surface area contributed by atoms with Crippen LogP contribution in [0.25, 0.3) is 0 Å². The minimum Gasteiger partial charge on any atom is -2.00 e. The summed E-state index contributed by atoms with van der Waals surface area (Å²) in [6, 6.07) is 0. The van der Waals surface area contributed by atoms with Crippen molar-refractivity contribution in [3.8, 4) is 0 Å². The molecule has 0 atom stereocenters. The number of hydrogen-bond acceptors (Lipinski definition) is 0. The third-order valence-electron chi connectivity index (χ3n) is 0. The van der Waals surface area contributed by atoms with Gasteiger partial charge < -0.3 is 82.1 Å². The van der Waals surface area contributed by atoms with Crippen LogP contribution < -0.4 is 0 Å². The molecule has 17 heavy (non-hydrogen) atoms. The predicted octanol–water partition coefficient (Wildman–Crippen LogP) is -10.3. The van der Waals surface area contributed by atoms with Crippen molar-refractivity contribution in [3.63, 3.8) is 0 Å². The molecule has 0 aliphatic carbocycles. The molecule has 0 rings (SSSR count). The summed E-state index contributed by atoms with van der Waals surface area (Å²) in [5.74, 6) is 0. The van der Waals surface area contributed by atoms with E-state index in [0.29, 0.717) is 0 Å². The quantitative estimate of drug-likeness (QED) is 0.384. The Hall–Kier alpha value is 0.465. The van der Waals surface area contributed by atoms with Gasteiger partial charge in [0, 0.05) is 0 Å². The van der Waals surface area contributed by atoms with E-state index in [0.717, 1.165) is 0 Å². The summed E-state index contributed by atoms with van der Waals surface area (Å²) in [5.41, 5.74) is 0. The second-order valence-electron chi connectivity index (χ2n) is 0. The average Bonchev–Trinajstić information content (AvgIpc) is 0. The molecule has 0 bridgehead atoms. The Bertz CT molecular complexity index is 8.88. The van der Waals surface area contributed by atoms with Gasteiger partial charge in [-0.1, -0.05) is 0 Å². The van der Waals surface area contributed by atoms with Gasteiger partial charge in [0.1, 0.15) is 0 Å². The van der Waals surface area contributed by atoms with Gasteiger partial charge in [0.15, 0.2) is 0 Å². The predicted molar refractivity (Wildman–Crippen MR) is 45.4 cm³/mol. The monoisotopic (exact) mass is 368 g/mol. The van der Waals surface area contributed by atoms with E-state index in [4.69, 9.17) is 0 Å². The van der Waals surface area contributed by atoms with E-state index < -0.39 is 0 Å². The molecular weight excluding hydrogens is 344 g/mol. The molecule has 0 saturated carbocycles. The van der Waals surface area contributed by atoms with Crippen LogP contribution in [-0.2, 0) is 51.2 Å². The van der Waals surface area contributed by atoms with Crippen LogP contribution >= 0.6 is 0 Å². The van der Waals surface area contributed by atoms with E-state index in [9.17, 15) is 0 Å². The molecule has 126 valence electrons. The van der Waals surface area contributed by atoms with Gasteiger partial charge in [0.05, 0.1) is 0 Å². The molecule has 0 aromatic carbocycles. The molecule has 0 aromatic heterocycles. The van der Waals surface area contributed by atoms with Crippen molar-refractivity contribution >= 4 is 0 Å². The standard InChI is InChI=1S/2Cr.12H2O.3O/h;;12*1H2;;;/q2*+3;;;;;;;;;;;;;3*-2. The van der Waals surface area contributed by atoms with Crippen molar-refractivity contribution in [3.05, 3.63) is 0 Å². The first-order valence-electron chi connectivity index (χ1n) is 0. The molecule has 24 N–H and O–H groups in total. The molecule has 0 spiro atoms. The first-order valence-corrected chi connectivity index (χ1v) is 0.